The van der Waals surface area contributed by atoms with E-state index in [1.165, 1.54) is 26.0 Å². The molecule has 0 saturated heterocycles. The topological polar surface area (TPSA) is 44.5 Å². The van der Waals surface area contributed by atoms with Crippen molar-refractivity contribution in [1.82, 2.24) is 0 Å². The number of ether oxygens (including phenoxy) is 2. The molecule has 0 fully saturated rings. The van der Waals surface area contributed by atoms with Crippen molar-refractivity contribution < 1.29 is 13.9 Å². The van der Waals surface area contributed by atoms with Crippen molar-refractivity contribution in [3.63, 3.8) is 0 Å². The standard InChI is InChI=1S/C13H20FNO2S/c1-5-18-13-10(16-3)7-9(6-8(2)15)12(17-4)11(13)14/h7-8H,5-6,15H2,1-4H3. The molecule has 1 rings (SSSR count). The van der Waals surface area contributed by atoms with Gasteiger partial charge in [0.1, 0.15) is 5.75 Å². The minimum atomic E-state index is -0.362. The van der Waals surface area contributed by atoms with Gasteiger partial charge in [0.15, 0.2) is 11.6 Å². The summed E-state index contributed by atoms with van der Waals surface area (Å²) in [5.74, 6) is 1.21. The second-order valence-corrected chi connectivity index (χ2v) is 5.30. The molecular formula is C13H20FNO2S. The molecule has 0 radical (unpaired) electrons. The lowest BCUT2D eigenvalue weighted by Crippen LogP contribution is -2.18. The van der Waals surface area contributed by atoms with E-state index in [-0.39, 0.29) is 17.6 Å². The van der Waals surface area contributed by atoms with Crippen molar-refractivity contribution in [3.8, 4) is 11.5 Å². The van der Waals surface area contributed by atoms with Gasteiger partial charge in [-0.3, -0.25) is 0 Å². The van der Waals surface area contributed by atoms with Crippen LogP contribution in [0.4, 0.5) is 4.39 Å². The number of hydrogen-bond donors (Lipinski definition) is 1. The number of thioether (sulfide) groups is 1. The van der Waals surface area contributed by atoms with Crippen LogP contribution in [-0.4, -0.2) is 26.0 Å². The van der Waals surface area contributed by atoms with Crippen LogP contribution in [-0.2, 0) is 6.42 Å². The summed E-state index contributed by atoms with van der Waals surface area (Å²) in [6, 6.07) is 1.75. The highest BCUT2D eigenvalue weighted by Crippen LogP contribution is 2.39. The third-order valence-electron chi connectivity index (χ3n) is 2.47. The molecule has 18 heavy (non-hydrogen) atoms. The minimum Gasteiger partial charge on any atom is -0.495 e. The van der Waals surface area contributed by atoms with Crippen LogP contribution in [0.2, 0.25) is 0 Å². The third kappa shape index (κ3) is 3.29. The van der Waals surface area contributed by atoms with Crippen LogP contribution >= 0.6 is 11.8 Å². The van der Waals surface area contributed by atoms with Gasteiger partial charge in [-0.05, 0) is 25.2 Å². The number of hydrogen-bond acceptors (Lipinski definition) is 4. The van der Waals surface area contributed by atoms with Crippen LogP contribution in [0.25, 0.3) is 0 Å². The zero-order valence-corrected chi connectivity index (χ0v) is 12.1. The molecule has 1 atom stereocenters. The van der Waals surface area contributed by atoms with Gasteiger partial charge in [0.25, 0.3) is 0 Å². The van der Waals surface area contributed by atoms with Crippen molar-refractivity contribution in [3.05, 3.63) is 17.4 Å². The van der Waals surface area contributed by atoms with E-state index in [9.17, 15) is 4.39 Å². The average molecular weight is 273 g/mol. The quantitative estimate of drug-likeness (QED) is 0.809. The Hall–Kier alpha value is -0.940. The molecule has 0 aromatic heterocycles. The predicted molar refractivity (Wildman–Crippen MR) is 73.3 cm³/mol. The maximum absolute atomic E-state index is 14.4. The zero-order valence-electron chi connectivity index (χ0n) is 11.2. The second-order valence-electron chi connectivity index (χ2n) is 4.03. The highest BCUT2D eigenvalue weighted by molar-refractivity contribution is 7.99. The Morgan fingerprint density at radius 1 is 1.39 bits per heavy atom. The third-order valence-corrected chi connectivity index (χ3v) is 3.43. The van der Waals surface area contributed by atoms with E-state index in [1.807, 2.05) is 19.9 Å². The van der Waals surface area contributed by atoms with Gasteiger partial charge < -0.3 is 15.2 Å². The van der Waals surface area contributed by atoms with E-state index in [0.717, 1.165) is 11.3 Å². The second kappa shape index (κ2) is 6.85. The van der Waals surface area contributed by atoms with Gasteiger partial charge in [0.2, 0.25) is 0 Å². The summed E-state index contributed by atoms with van der Waals surface area (Å²) in [6.45, 7) is 3.84. The largest absolute Gasteiger partial charge is 0.495 e. The van der Waals surface area contributed by atoms with Crippen molar-refractivity contribution in [2.45, 2.75) is 31.2 Å². The van der Waals surface area contributed by atoms with Crippen LogP contribution in [0, 0.1) is 5.82 Å². The number of halogens is 1. The molecule has 0 heterocycles. The first kappa shape index (κ1) is 15.1. The van der Waals surface area contributed by atoms with Gasteiger partial charge in [0, 0.05) is 11.6 Å². The minimum absolute atomic E-state index is 0.0623. The molecule has 5 heteroatoms. The molecular weight excluding hydrogens is 253 g/mol. The fourth-order valence-electron chi connectivity index (χ4n) is 1.79. The van der Waals surface area contributed by atoms with Crippen LogP contribution in [0.15, 0.2) is 11.0 Å². The van der Waals surface area contributed by atoms with Crippen molar-refractivity contribution in [2.75, 3.05) is 20.0 Å². The predicted octanol–water partition coefficient (Wildman–Crippen LogP) is 2.84. The summed E-state index contributed by atoms with van der Waals surface area (Å²) in [4.78, 5) is 0.491. The maximum Gasteiger partial charge on any atom is 0.182 e. The lowest BCUT2D eigenvalue weighted by Gasteiger charge is -2.17. The van der Waals surface area contributed by atoms with E-state index >= 15 is 0 Å². The monoisotopic (exact) mass is 273 g/mol. The Morgan fingerprint density at radius 2 is 2.06 bits per heavy atom. The van der Waals surface area contributed by atoms with Gasteiger partial charge in [-0.2, -0.15) is 0 Å². The summed E-state index contributed by atoms with van der Waals surface area (Å²) in [7, 11) is 3.01. The molecule has 0 bridgehead atoms. The van der Waals surface area contributed by atoms with Crippen molar-refractivity contribution >= 4 is 11.8 Å². The molecule has 1 unspecified atom stereocenters. The number of rotatable bonds is 6. The van der Waals surface area contributed by atoms with E-state index in [0.29, 0.717) is 17.1 Å². The van der Waals surface area contributed by atoms with Crippen LogP contribution < -0.4 is 15.2 Å². The molecule has 1 aromatic rings. The maximum atomic E-state index is 14.4. The molecule has 1 aromatic carbocycles. The molecule has 0 aliphatic carbocycles. The lowest BCUT2D eigenvalue weighted by molar-refractivity contribution is 0.359. The molecule has 0 aliphatic heterocycles. The first-order chi connectivity index (χ1) is 8.54. The SMILES string of the molecule is CCSc1c(OC)cc(CC(C)N)c(OC)c1F. The lowest BCUT2D eigenvalue weighted by atomic mass is 10.1. The summed E-state index contributed by atoms with van der Waals surface area (Å²) >= 11 is 1.40. The van der Waals surface area contributed by atoms with Crippen LogP contribution in [0.1, 0.15) is 19.4 Å². The molecule has 2 N–H and O–H groups in total. The molecule has 0 spiro atoms. The van der Waals surface area contributed by atoms with E-state index in [2.05, 4.69) is 0 Å². The zero-order chi connectivity index (χ0) is 13.7. The van der Waals surface area contributed by atoms with Gasteiger partial charge in [0.05, 0.1) is 19.1 Å². The van der Waals surface area contributed by atoms with Gasteiger partial charge in [-0.25, -0.2) is 4.39 Å². The highest BCUT2D eigenvalue weighted by atomic mass is 32.2. The van der Waals surface area contributed by atoms with Gasteiger partial charge in [-0.1, -0.05) is 6.92 Å². The van der Waals surface area contributed by atoms with Crippen molar-refractivity contribution in [1.29, 1.82) is 0 Å². The normalized spacial score (nSPS) is 12.3. The van der Waals surface area contributed by atoms with Crippen molar-refractivity contribution in [2.24, 2.45) is 5.73 Å². The molecule has 3 nitrogen and oxygen atoms in total. The average Bonchev–Trinajstić information content (AvgIpc) is 2.32. The summed E-state index contributed by atoms with van der Waals surface area (Å²) in [5.41, 5.74) is 6.50. The molecule has 102 valence electrons. The Morgan fingerprint density at radius 3 is 2.50 bits per heavy atom. The molecule has 0 amide bonds. The molecule has 0 aliphatic rings. The first-order valence-electron chi connectivity index (χ1n) is 5.86. The highest BCUT2D eigenvalue weighted by Gasteiger charge is 2.20. The Bertz CT molecular complexity index is 410. The first-order valence-corrected chi connectivity index (χ1v) is 6.85. The number of methoxy groups -OCH3 is 2. The number of benzene rings is 1. The van der Waals surface area contributed by atoms with E-state index in [4.69, 9.17) is 15.2 Å². The number of nitrogens with two attached hydrogens (primary N) is 1. The summed E-state index contributed by atoms with van der Waals surface area (Å²) in [6.07, 6.45) is 0.549. The van der Waals surface area contributed by atoms with Crippen LogP contribution in [0.5, 0.6) is 11.5 Å². The van der Waals surface area contributed by atoms with E-state index < -0.39 is 0 Å². The van der Waals surface area contributed by atoms with E-state index in [1.54, 1.807) is 0 Å². The smallest absolute Gasteiger partial charge is 0.182 e. The molecule has 0 saturated carbocycles. The Labute approximate surface area is 112 Å². The fraction of sp³-hybridized carbons (Fsp3) is 0.538. The Balaban J connectivity index is 3.32. The van der Waals surface area contributed by atoms with Gasteiger partial charge >= 0.3 is 0 Å². The summed E-state index contributed by atoms with van der Waals surface area (Å²) in [5, 5.41) is 0. The van der Waals surface area contributed by atoms with Crippen LogP contribution in [0.3, 0.4) is 0 Å². The summed E-state index contributed by atoms with van der Waals surface area (Å²) < 4.78 is 24.8. The fourth-order valence-corrected chi connectivity index (χ4v) is 2.58. The Kier molecular flexibility index (Phi) is 5.75. The van der Waals surface area contributed by atoms with Gasteiger partial charge in [-0.15, -0.1) is 11.8 Å².